The van der Waals surface area contributed by atoms with Crippen molar-refractivity contribution >= 4 is 51.7 Å². The quantitative estimate of drug-likeness (QED) is 0.723. The van der Waals surface area contributed by atoms with E-state index in [9.17, 15) is 9.59 Å². The van der Waals surface area contributed by atoms with Crippen LogP contribution in [0.15, 0.2) is 47.5 Å². The molecule has 2 aromatic carbocycles. The molecule has 0 spiro atoms. The second kappa shape index (κ2) is 8.20. The number of nitrogens with zero attached hydrogens (tertiary/aromatic N) is 2. The van der Waals surface area contributed by atoms with Gasteiger partial charge in [0.25, 0.3) is 0 Å². The van der Waals surface area contributed by atoms with Gasteiger partial charge in [-0.25, -0.2) is 4.99 Å². The van der Waals surface area contributed by atoms with Gasteiger partial charge < -0.3 is 5.32 Å². The van der Waals surface area contributed by atoms with Crippen molar-refractivity contribution in [2.24, 2.45) is 4.99 Å². The lowest BCUT2D eigenvalue weighted by molar-refractivity contribution is -0.128. The highest BCUT2D eigenvalue weighted by Gasteiger charge is 2.46. The van der Waals surface area contributed by atoms with Crippen LogP contribution in [0, 0.1) is 13.8 Å². The Balaban J connectivity index is 1.52. The standard InChI is InChI=1S/C22H22ClN3O2S/c1-13-6-7-14(2)18(10-13)25-22-26(17-8-9-17)21(28)19(29-22)12-20(27)24-16-5-3-4-15(23)11-16/h3-7,10-11,17,19H,8-9,12H2,1-2H3,(H,24,27). The highest BCUT2D eigenvalue weighted by atomic mass is 35.5. The van der Waals surface area contributed by atoms with E-state index in [1.807, 2.05) is 32.0 Å². The number of anilines is 1. The number of carbonyl (C=O) groups excluding carboxylic acids is 2. The highest BCUT2D eigenvalue weighted by Crippen LogP contribution is 2.40. The molecule has 2 fully saturated rings. The Morgan fingerprint density at radius 3 is 2.76 bits per heavy atom. The molecule has 1 aliphatic carbocycles. The monoisotopic (exact) mass is 427 g/mol. The van der Waals surface area contributed by atoms with E-state index in [1.54, 1.807) is 29.2 Å². The number of hydrogen-bond donors (Lipinski definition) is 1. The van der Waals surface area contributed by atoms with E-state index in [1.165, 1.54) is 11.8 Å². The van der Waals surface area contributed by atoms with Crippen molar-refractivity contribution in [2.75, 3.05) is 5.32 Å². The number of amides is 2. The van der Waals surface area contributed by atoms with E-state index < -0.39 is 5.25 Å². The average molecular weight is 428 g/mol. The van der Waals surface area contributed by atoms with Gasteiger partial charge in [0.2, 0.25) is 11.8 Å². The lowest BCUT2D eigenvalue weighted by Crippen LogP contribution is -2.35. The SMILES string of the molecule is Cc1ccc(C)c(N=C2SC(CC(=O)Nc3cccc(Cl)c3)C(=O)N2C2CC2)c1. The van der Waals surface area contributed by atoms with Gasteiger partial charge in [-0.15, -0.1) is 0 Å². The zero-order valence-corrected chi connectivity index (χ0v) is 17.9. The topological polar surface area (TPSA) is 61.8 Å². The van der Waals surface area contributed by atoms with Crippen molar-refractivity contribution in [1.82, 2.24) is 4.90 Å². The summed E-state index contributed by atoms with van der Waals surface area (Å²) in [6.45, 7) is 4.04. The van der Waals surface area contributed by atoms with Gasteiger partial charge in [0.15, 0.2) is 5.17 Å². The van der Waals surface area contributed by atoms with E-state index in [-0.39, 0.29) is 24.3 Å². The maximum absolute atomic E-state index is 13.0. The van der Waals surface area contributed by atoms with E-state index in [0.717, 1.165) is 29.7 Å². The van der Waals surface area contributed by atoms with Crippen molar-refractivity contribution in [1.29, 1.82) is 0 Å². The van der Waals surface area contributed by atoms with E-state index in [4.69, 9.17) is 16.6 Å². The van der Waals surface area contributed by atoms with Gasteiger partial charge in [-0.2, -0.15) is 0 Å². The van der Waals surface area contributed by atoms with Crippen LogP contribution in [0.2, 0.25) is 5.02 Å². The molecule has 1 N–H and O–H groups in total. The summed E-state index contributed by atoms with van der Waals surface area (Å²) in [4.78, 5) is 32.1. The molecule has 5 nitrogen and oxygen atoms in total. The Bertz CT molecular complexity index is 1000. The predicted octanol–water partition coefficient (Wildman–Crippen LogP) is 5.08. The Morgan fingerprint density at radius 2 is 2.03 bits per heavy atom. The molecule has 1 aliphatic heterocycles. The molecule has 4 rings (SSSR count). The van der Waals surface area contributed by atoms with Gasteiger partial charge in [-0.3, -0.25) is 14.5 Å². The predicted molar refractivity (Wildman–Crippen MR) is 119 cm³/mol. The maximum Gasteiger partial charge on any atom is 0.242 e. The van der Waals surface area contributed by atoms with Crippen LogP contribution in [0.1, 0.15) is 30.4 Å². The molecule has 1 saturated carbocycles. The number of amidine groups is 1. The van der Waals surface area contributed by atoms with E-state index in [2.05, 4.69) is 5.32 Å². The summed E-state index contributed by atoms with van der Waals surface area (Å²) >= 11 is 7.36. The first-order valence-electron chi connectivity index (χ1n) is 9.62. The number of thioether (sulfide) groups is 1. The average Bonchev–Trinajstić information content (AvgIpc) is 3.44. The van der Waals surface area contributed by atoms with Crippen LogP contribution in [0.5, 0.6) is 0 Å². The van der Waals surface area contributed by atoms with Crippen LogP contribution in [0.3, 0.4) is 0 Å². The number of carbonyl (C=O) groups is 2. The Morgan fingerprint density at radius 1 is 1.24 bits per heavy atom. The van der Waals surface area contributed by atoms with Gasteiger partial charge in [0, 0.05) is 23.2 Å². The van der Waals surface area contributed by atoms with Crippen molar-refractivity contribution in [3.63, 3.8) is 0 Å². The summed E-state index contributed by atoms with van der Waals surface area (Å²) in [7, 11) is 0. The smallest absolute Gasteiger partial charge is 0.242 e. The zero-order chi connectivity index (χ0) is 20.5. The minimum absolute atomic E-state index is 0.0252. The molecule has 150 valence electrons. The van der Waals surface area contributed by atoms with Crippen LogP contribution >= 0.6 is 23.4 Å². The summed E-state index contributed by atoms with van der Waals surface area (Å²) < 4.78 is 0. The Kier molecular flexibility index (Phi) is 5.65. The van der Waals surface area contributed by atoms with Crippen molar-refractivity contribution in [3.8, 4) is 0 Å². The van der Waals surface area contributed by atoms with Crippen LogP contribution in [0.25, 0.3) is 0 Å². The summed E-state index contributed by atoms with van der Waals surface area (Å²) in [6.07, 6.45) is 2.07. The number of nitrogens with one attached hydrogen (secondary N) is 1. The summed E-state index contributed by atoms with van der Waals surface area (Å²) in [5.41, 5.74) is 3.69. The van der Waals surface area contributed by atoms with E-state index in [0.29, 0.717) is 15.9 Å². The van der Waals surface area contributed by atoms with Gasteiger partial charge in [-0.05, 0) is 62.1 Å². The normalized spacial score (nSPS) is 20.4. The number of benzene rings is 2. The molecule has 1 heterocycles. The molecule has 1 atom stereocenters. The fraction of sp³-hybridized carbons (Fsp3) is 0.318. The van der Waals surface area contributed by atoms with Gasteiger partial charge >= 0.3 is 0 Å². The number of aliphatic imine (C=N–C) groups is 1. The minimum Gasteiger partial charge on any atom is -0.326 e. The molecule has 2 aromatic rings. The van der Waals surface area contributed by atoms with Gasteiger partial charge in [0.1, 0.15) is 5.25 Å². The third-order valence-corrected chi connectivity index (χ3v) is 6.33. The third-order valence-electron chi connectivity index (χ3n) is 4.94. The Hall–Kier alpha value is -2.31. The fourth-order valence-electron chi connectivity index (χ4n) is 3.25. The second-order valence-electron chi connectivity index (χ2n) is 7.49. The minimum atomic E-state index is -0.460. The Labute approximate surface area is 179 Å². The second-order valence-corrected chi connectivity index (χ2v) is 9.10. The molecule has 2 aliphatic rings. The summed E-state index contributed by atoms with van der Waals surface area (Å²) in [5, 5.41) is 3.62. The molecule has 0 bridgehead atoms. The zero-order valence-electron chi connectivity index (χ0n) is 16.3. The summed E-state index contributed by atoms with van der Waals surface area (Å²) in [6, 6.07) is 13.3. The van der Waals surface area contributed by atoms with Crippen LogP contribution in [-0.2, 0) is 9.59 Å². The molecule has 0 aromatic heterocycles. The molecule has 29 heavy (non-hydrogen) atoms. The molecular formula is C22H22ClN3O2S. The molecule has 2 amide bonds. The number of hydrogen-bond acceptors (Lipinski definition) is 4. The highest BCUT2D eigenvalue weighted by molar-refractivity contribution is 8.15. The number of rotatable bonds is 5. The first-order valence-corrected chi connectivity index (χ1v) is 10.9. The fourth-order valence-corrected chi connectivity index (χ4v) is 4.65. The molecular weight excluding hydrogens is 406 g/mol. The first-order chi connectivity index (χ1) is 13.9. The van der Waals surface area contributed by atoms with Crippen molar-refractivity contribution in [2.45, 2.75) is 44.4 Å². The first kappa shape index (κ1) is 20.0. The van der Waals surface area contributed by atoms with E-state index >= 15 is 0 Å². The van der Waals surface area contributed by atoms with Gasteiger partial charge in [0.05, 0.1) is 5.69 Å². The molecule has 0 radical (unpaired) electrons. The maximum atomic E-state index is 13.0. The van der Waals surface area contributed by atoms with Crippen LogP contribution < -0.4 is 5.32 Å². The van der Waals surface area contributed by atoms with Crippen LogP contribution in [-0.4, -0.2) is 33.2 Å². The third kappa shape index (κ3) is 4.65. The number of aryl methyl sites for hydroxylation is 2. The number of halogens is 1. The molecule has 1 unspecified atom stereocenters. The lowest BCUT2D eigenvalue weighted by atomic mass is 10.1. The lowest BCUT2D eigenvalue weighted by Gasteiger charge is -2.15. The molecule has 1 saturated heterocycles. The summed E-state index contributed by atoms with van der Waals surface area (Å²) in [5.74, 6) is -0.232. The largest absolute Gasteiger partial charge is 0.326 e. The molecule has 7 heteroatoms. The van der Waals surface area contributed by atoms with Gasteiger partial charge in [-0.1, -0.05) is 41.6 Å². The van der Waals surface area contributed by atoms with Crippen LogP contribution in [0.4, 0.5) is 11.4 Å². The van der Waals surface area contributed by atoms with Crippen molar-refractivity contribution < 1.29 is 9.59 Å². The van der Waals surface area contributed by atoms with Crippen molar-refractivity contribution in [3.05, 3.63) is 58.6 Å².